The van der Waals surface area contributed by atoms with Gasteiger partial charge in [-0.05, 0) is 31.2 Å². The molecule has 3 rings (SSSR count). The van der Waals surface area contributed by atoms with Gasteiger partial charge in [-0.2, -0.15) is 0 Å². The van der Waals surface area contributed by atoms with Crippen LogP contribution in [0.1, 0.15) is 6.92 Å². The third-order valence-corrected chi connectivity index (χ3v) is 4.49. The number of aromatic nitrogens is 1. The zero-order chi connectivity index (χ0) is 17.8. The number of ether oxygens (including phenoxy) is 3. The lowest BCUT2D eigenvalue weighted by molar-refractivity contribution is -0.122. The molecule has 1 N–H and O–H groups in total. The maximum Gasteiger partial charge on any atom is 0.266 e. The van der Waals surface area contributed by atoms with Crippen LogP contribution in [0.3, 0.4) is 0 Å². The van der Waals surface area contributed by atoms with Crippen molar-refractivity contribution in [2.75, 3.05) is 19.5 Å². The van der Waals surface area contributed by atoms with E-state index in [0.717, 1.165) is 10.2 Å². The van der Waals surface area contributed by atoms with Crippen molar-refractivity contribution in [1.29, 1.82) is 0 Å². The lowest BCUT2D eigenvalue weighted by Gasteiger charge is -2.14. The number of fused-ring (bicyclic) bond motifs is 1. The van der Waals surface area contributed by atoms with Gasteiger partial charge >= 0.3 is 0 Å². The molecule has 1 unspecified atom stereocenters. The van der Waals surface area contributed by atoms with E-state index in [9.17, 15) is 4.79 Å². The zero-order valence-corrected chi connectivity index (χ0v) is 14.9. The van der Waals surface area contributed by atoms with Crippen LogP contribution in [-0.4, -0.2) is 31.2 Å². The Hall–Kier alpha value is -2.80. The van der Waals surface area contributed by atoms with Gasteiger partial charge in [0.25, 0.3) is 5.91 Å². The first-order chi connectivity index (χ1) is 12.1. The molecule has 0 saturated carbocycles. The van der Waals surface area contributed by atoms with Crippen LogP contribution in [0.4, 0.5) is 5.13 Å². The van der Waals surface area contributed by atoms with E-state index in [-0.39, 0.29) is 5.91 Å². The van der Waals surface area contributed by atoms with E-state index >= 15 is 0 Å². The molecule has 0 bridgehead atoms. The number of carbonyl (C=O) groups excluding carboxylic acids is 1. The molecule has 0 saturated heterocycles. The topological polar surface area (TPSA) is 69.7 Å². The predicted molar refractivity (Wildman–Crippen MR) is 97.9 cm³/mol. The normalized spacial score (nSPS) is 11.8. The molecule has 7 heteroatoms. The van der Waals surface area contributed by atoms with Crippen LogP contribution in [-0.2, 0) is 4.79 Å². The molecule has 1 aromatic heterocycles. The number of para-hydroxylation sites is 1. The minimum Gasteiger partial charge on any atom is -0.497 e. The number of nitrogens with zero attached hydrogens (tertiary/aromatic N) is 1. The number of rotatable bonds is 6. The third kappa shape index (κ3) is 3.83. The summed E-state index contributed by atoms with van der Waals surface area (Å²) in [5.74, 6) is 1.63. The average molecular weight is 358 g/mol. The first-order valence-corrected chi connectivity index (χ1v) is 8.47. The molecule has 0 fully saturated rings. The summed E-state index contributed by atoms with van der Waals surface area (Å²) >= 11 is 1.39. The number of anilines is 1. The first-order valence-electron chi connectivity index (χ1n) is 7.66. The Morgan fingerprint density at radius 3 is 2.64 bits per heavy atom. The van der Waals surface area contributed by atoms with Crippen LogP contribution in [0, 0.1) is 0 Å². The minimum absolute atomic E-state index is 0.277. The second-order valence-corrected chi connectivity index (χ2v) is 6.28. The average Bonchev–Trinajstić information content (AvgIpc) is 3.04. The molecule has 0 radical (unpaired) electrons. The van der Waals surface area contributed by atoms with Gasteiger partial charge in [0.1, 0.15) is 22.8 Å². The molecule has 1 atom stereocenters. The van der Waals surface area contributed by atoms with Gasteiger partial charge in [-0.15, -0.1) is 0 Å². The Kier molecular flexibility index (Phi) is 5.04. The monoisotopic (exact) mass is 358 g/mol. The van der Waals surface area contributed by atoms with Gasteiger partial charge in [-0.3, -0.25) is 10.1 Å². The summed E-state index contributed by atoms with van der Waals surface area (Å²) in [6.45, 7) is 1.68. The van der Waals surface area contributed by atoms with Crippen LogP contribution >= 0.6 is 11.3 Å². The number of carbonyl (C=O) groups is 1. The fourth-order valence-corrected chi connectivity index (χ4v) is 3.17. The standard InChI is InChI=1S/C18H18N2O4S/c1-11(24-13-7-4-6-12(10-13)22-2)17(21)20-18-19-16-14(23-3)8-5-9-15(16)25-18/h4-11H,1-3H3,(H,19,20,21). The summed E-state index contributed by atoms with van der Waals surface area (Å²) in [6.07, 6.45) is -0.680. The summed E-state index contributed by atoms with van der Waals surface area (Å²) in [5, 5.41) is 3.29. The molecule has 1 amide bonds. The van der Waals surface area contributed by atoms with E-state index < -0.39 is 6.10 Å². The highest BCUT2D eigenvalue weighted by molar-refractivity contribution is 7.22. The fourth-order valence-electron chi connectivity index (χ4n) is 2.28. The van der Waals surface area contributed by atoms with Gasteiger partial charge in [0, 0.05) is 6.07 Å². The van der Waals surface area contributed by atoms with E-state index in [2.05, 4.69) is 10.3 Å². The smallest absolute Gasteiger partial charge is 0.266 e. The van der Waals surface area contributed by atoms with Crippen molar-refractivity contribution in [3.63, 3.8) is 0 Å². The van der Waals surface area contributed by atoms with Gasteiger partial charge in [0.05, 0.1) is 18.9 Å². The number of thiazole rings is 1. The first kappa shape index (κ1) is 17.0. The molecule has 0 aliphatic heterocycles. The maximum atomic E-state index is 12.4. The van der Waals surface area contributed by atoms with Crippen molar-refractivity contribution >= 4 is 32.6 Å². The van der Waals surface area contributed by atoms with Crippen molar-refractivity contribution in [3.05, 3.63) is 42.5 Å². The molecule has 1 heterocycles. The van der Waals surface area contributed by atoms with E-state index in [1.165, 1.54) is 11.3 Å². The summed E-state index contributed by atoms with van der Waals surface area (Å²) in [7, 11) is 3.17. The molecule has 0 aliphatic rings. The van der Waals surface area contributed by atoms with Crippen molar-refractivity contribution in [2.45, 2.75) is 13.0 Å². The largest absolute Gasteiger partial charge is 0.497 e. The Labute approximate surface area is 149 Å². The summed E-state index contributed by atoms with van der Waals surface area (Å²) < 4.78 is 17.0. The molecule has 130 valence electrons. The highest BCUT2D eigenvalue weighted by Crippen LogP contribution is 2.32. The summed E-state index contributed by atoms with van der Waals surface area (Å²) in [4.78, 5) is 16.8. The highest BCUT2D eigenvalue weighted by atomic mass is 32.1. The second-order valence-electron chi connectivity index (χ2n) is 5.25. The highest BCUT2D eigenvalue weighted by Gasteiger charge is 2.18. The molecule has 25 heavy (non-hydrogen) atoms. The quantitative estimate of drug-likeness (QED) is 0.727. The number of benzene rings is 2. The van der Waals surface area contributed by atoms with Crippen molar-refractivity contribution < 1.29 is 19.0 Å². The van der Waals surface area contributed by atoms with E-state index in [0.29, 0.717) is 22.4 Å². The van der Waals surface area contributed by atoms with Crippen LogP contribution in [0.15, 0.2) is 42.5 Å². The molecule has 2 aromatic carbocycles. The number of nitrogens with one attached hydrogen (secondary N) is 1. The van der Waals surface area contributed by atoms with Crippen molar-refractivity contribution in [3.8, 4) is 17.2 Å². The maximum absolute atomic E-state index is 12.4. The van der Waals surface area contributed by atoms with Gasteiger partial charge in [-0.25, -0.2) is 4.98 Å². The lowest BCUT2D eigenvalue weighted by Crippen LogP contribution is -2.30. The van der Waals surface area contributed by atoms with E-state index in [4.69, 9.17) is 14.2 Å². The summed E-state index contributed by atoms with van der Waals surface area (Å²) in [5.41, 5.74) is 0.728. The minimum atomic E-state index is -0.680. The Bertz CT molecular complexity index is 894. The third-order valence-electron chi connectivity index (χ3n) is 3.56. The lowest BCUT2D eigenvalue weighted by atomic mass is 10.3. The van der Waals surface area contributed by atoms with Crippen molar-refractivity contribution in [1.82, 2.24) is 4.98 Å². The molecule has 6 nitrogen and oxygen atoms in total. The van der Waals surface area contributed by atoms with Crippen LogP contribution in [0.25, 0.3) is 10.2 Å². The van der Waals surface area contributed by atoms with Crippen LogP contribution in [0.5, 0.6) is 17.2 Å². The van der Waals surface area contributed by atoms with Gasteiger partial charge in [-0.1, -0.05) is 23.5 Å². The Morgan fingerprint density at radius 1 is 1.12 bits per heavy atom. The molecule has 0 aliphatic carbocycles. The Morgan fingerprint density at radius 2 is 1.88 bits per heavy atom. The van der Waals surface area contributed by atoms with Crippen molar-refractivity contribution in [2.24, 2.45) is 0 Å². The SMILES string of the molecule is COc1cccc(OC(C)C(=O)Nc2nc3c(OC)cccc3s2)c1. The second kappa shape index (κ2) is 7.40. The van der Waals surface area contributed by atoms with Gasteiger partial charge in [0.15, 0.2) is 11.2 Å². The number of hydrogen-bond donors (Lipinski definition) is 1. The zero-order valence-electron chi connectivity index (χ0n) is 14.1. The van der Waals surface area contributed by atoms with Crippen LogP contribution < -0.4 is 19.5 Å². The van der Waals surface area contributed by atoms with E-state index in [1.807, 2.05) is 24.3 Å². The summed E-state index contributed by atoms with van der Waals surface area (Å²) in [6, 6.07) is 12.8. The number of hydrogen-bond acceptors (Lipinski definition) is 6. The number of methoxy groups -OCH3 is 2. The number of amides is 1. The fraction of sp³-hybridized carbons (Fsp3) is 0.222. The molecule has 0 spiro atoms. The Balaban J connectivity index is 1.70. The molecule has 3 aromatic rings. The van der Waals surface area contributed by atoms with E-state index in [1.54, 1.807) is 39.3 Å². The van der Waals surface area contributed by atoms with Crippen LogP contribution in [0.2, 0.25) is 0 Å². The molecular weight excluding hydrogens is 340 g/mol. The molecular formula is C18H18N2O4S. The predicted octanol–water partition coefficient (Wildman–Crippen LogP) is 3.72. The van der Waals surface area contributed by atoms with Gasteiger partial charge in [0.2, 0.25) is 0 Å². The van der Waals surface area contributed by atoms with Gasteiger partial charge < -0.3 is 14.2 Å².